The van der Waals surface area contributed by atoms with E-state index in [1.54, 1.807) is 0 Å². The average Bonchev–Trinajstić information content (AvgIpc) is 3.65. The molecule has 4 heteroatoms. The van der Waals surface area contributed by atoms with Crippen LogP contribution in [0, 0.1) is 0 Å². The SMILES string of the molecule is c1ccc(-n2c3ccccc3c3c4c5ccccc5n(-c5cccc6c5oc5ccccc56)c4ccc32)nc1. The Bertz CT molecular complexity index is 2390. The summed E-state index contributed by atoms with van der Waals surface area (Å²) in [6.45, 7) is 0. The van der Waals surface area contributed by atoms with Gasteiger partial charge in [0, 0.05) is 38.5 Å². The molecule has 4 aromatic heterocycles. The number of pyridine rings is 1. The second-order valence-corrected chi connectivity index (χ2v) is 10.00. The molecule has 182 valence electrons. The zero-order valence-electron chi connectivity index (χ0n) is 20.9. The molecule has 9 aromatic rings. The van der Waals surface area contributed by atoms with Crippen molar-refractivity contribution in [2.45, 2.75) is 0 Å². The first-order chi connectivity index (χ1) is 19.4. The summed E-state index contributed by atoms with van der Waals surface area (Å²) in [6.07, 6.45) is 1.86. The van der Waals surface area contributed by atoms with Gasteiger partial charge in [0.1, 0.15) is 11.4 Å². The lowest BCUT2D eigenvalue weighted by Crippen LogP contribution is -1.96. The first-order valence-electron chi connectivity index (χ1n) is 13.2. The van der Waals surface area contributed by atoms with Gasteiger partial charge in [-0.3, -0.25) is 4.57 Å². The van der Waals surface area contributed by atoms with Gasteiger partial charge in [-0.05, 0) is 48.5 Å². The Morgan fingerprint density at radius 2 is 1.08 bits per heavy atom. The second-order valence-electron chi connectivity index (χ2n) is 10.00. The fourth-order valence-electron chi connectivity index (χ4n) is 6.42. The van der Waals surface area contributed by atoms with Gasteiger partial charge >= 0.3 is 0 Å². The predicted molar refractivity (Wildman–Crippen MR) is 160 cm³/mol. The van der Waals surface area contributed by atoms with Gasteiger partial charge in [0.25, 0.3) is 0 Å². The molecule has 0 saturated heterocycles. The van der Waals surface area contributed by atoms with Crippen LogP contribution in [-0.2, 0) is 0 Å². The molecular formula is C35H21N3O. The molecule has 0 amide bonds. The number of fused-ring (bicyclic) bond motifs is 10. The van der Waals surface area contributed by atoms with E-state index in [2.05, 4.69) is 106 Å². The summed E-state index contributed by atoms with van der Waals surface area (Å²) in [5.74, 6) is 0.916. The van der Waals surface area contributed by atoms with Crippen LogP contribution in [0.25, 0.3) is 77.1 Å². The van der Waals surface area contributed by atoms with Gasteiger partial charge in [0.2, 0.25) is 0 Å². The van der Waals surface area contributed by atoms with Gasteiger partial charge < -0.3 is 8.98 Å². The Kier molecular flexibility index (Phi) is 4.02. The largest absolute Gasteiger partial charge is 0.454 e. The van der Waals surface area contributed by atoms with Gasteiger partial charge in [-0.1, -0.05) is 72.8 Å². The van der Waals surface area contributed by atoms with E-state index in [9.17, 15) is 0 Å². The Morgan fingerprint density at radius 1 is 0.462 bits per heavy atom. The summed E-state index contributed by atoms with van der Waals surface area (Å²) < 4.78 is 11.1. The van der Waals surface area contributed by atoms with Crippen LogP contribution in [0.2, 0.25) is 0 Å². The summed E-state index contributed by atoms with van der Waals surface area (Å²) in [6, 6.07) is 42.6. The van der Waals surface area contributed by atoms with E-state index in [1.165, 1.54) is 21.5 Å². The van der Waals surface area contributed by atoms with E-state index in [4.69, 9.17) is 9.40 Å². The molecule has 0 aliphatic carbocycles. The maximum absolute atomic E-state index is 6.49. The first-order valence-corrected chi connectivity index (χ1v) is 13.2. The second kappa shape index (κ2) is 7.59. The molecule has 5 aromatic carbocycles. The quantitative estimate of drug-likeness (QED) is 0.238. The lowest BCUT2D eigenvalue weighted by molar-refractivity contribution is 0.666. The predicted octanol–water partition coefficient (Wildman–Crippen LogP) is 9.18. The standard InChI is InChI=1S/C35H21N3O/c1-4-14-26-24(11-1)33-28(37(26)30-16-9-13-23-22-10-3-6-17-31(22)39-35(23)30)19-20-29-34(33)25-12-2-5-15-27(25)38(29)32-18-7-8-21-36-32/h1-21H. The van der Waals surface area contributed by atoms with Crippen molar-refractivity contribution in [1.82, 2.24) is 14.1 Å². The number of benzene rings is 5. The number of aromatic nitrogens is 3. The topological polar surface area (TPSA) is 35.9 Å². The molecule has 0 aliphatic heterocycles. The average molecular weight is 500 g/mol. The van der Waals surface area contributed by atoms with E-state index >= 15 is 0 Å². The molecule has 0 radical (unpaired) electrons. The molecular weight excluding hydrogens is 478 g/mol. The molecule has 0 bridgehead atoms. The Balaban J connectivity index is 1.49. The van der Waals surface area contributed by atoms with Crippen LogP contribution in [0.4, 0.5) is 0 Å². The summed E-state index contributed by atoms with van der Waals surface area (Å²) >= 11 is 0. The third kappa shape index (κ3) is 2.70. The molecule has 0 saturated carbocycles. The molecule has 0 spiro atoms. The number of nitrogens with zero attached hydrogens (tertiary/aromatic N) is 3. The van der Waals surface area contributed by atoms with E-state index in [-0.39, 0.29) is 0 Å². The van der Waals surface area contributed by atoms with Crippen LogP contribution in [0.5, 0.6) is 0 Å². The number of furan rings is 1. The van der Waals surface area contributed by atoms with Crippen molar-refractivity contribution in [2.24, 2.45) is 0 Å². The number of hydrogen-bond acceptors (Lipinski definition) is 2. The van der Waals surface area contributed by atoms with Crippen LogP contribution in [0.3, 0.4) is 0 Å². The van der Waals surface area contributed by atoms with Crippen LogP contribution >= 0.6 is 0 Å². The highest BCUT2D eigenvalue weighted by Crippen LogP contribution is 2.43. The van der Waals surface area contributed by atoms with Gasteiger partial charge in [0.15, 0.2) is 5.58 Å². The Labute approximate surface area is 222 Å². The van der Waals surface area contributed by atoms with Gasteiger partial charge in [0.05, 0.1) is 27.8 Å². The smallest absolute Gasteiger partial charge is 0.159 e. The maximum atomic E-state index is 6.49. The lowest BCUT2D eigenvalue weighted by Gasteiger charge is -2.09. The zero-order chi connectivity index (χ0) is 25.5. The molecule has 0 aliphatic rings. The van der Waals surface area contributed by atoms with Crippen LogP contribution < -0.4 is 0 Å². The first kappa shape index (κ1) is 20.7. The minimum absolute atomic E-state index is 0.900. The number of para-hydroxylation sites is 4. The number of rotatable bonds is 2. The molecule has 0 fully saturated rings. The molecule has 9 rings (SSSR count). The zero-order valence-corrected chi connectivity index (χ0v) is 20.9. The molecule has 39 heavy (non-hydrogen) atoms. The molecule has 0 N–H and O–H groups in total. The third-order valence-corrected chi connectivity index (χ3v) is 7.97. The lowest BCUT2D eigenvalue weighted by atomic mass is 10.1. The fraction of sp³-hybridized carbons (Fsp3) is 0. The van der Waals surface area contributed by atoms with Crippen molar-refractivity contribution in [1.29, 1.82) is 0 Å². The van der Waals surface area contributed by atoms with Gasteiger partial charge in [-0.25, -0.2) is 4.98 Å². The third-order valence-electron chi connectivity index (χ3n) is 7.97. The highest BCUT2D eigenvalue weighted by atomic mass is 16.3. The van der Waals surface area contributed by atoms with Crippen molar-refractivity contribution < 1.29 is 4.42 Å². The van der Waals surface area contributed by atoms with Crippen molar-refractivity contribution in [2.75, 3.05) is 0 Å². The highest BCUT2D eigenvalue weighted by molar-refractivity contribution is 6.29. The summed E-state index contributed by atoms with van der Waals surface area (Å²) in [7, 11) is 0. The Morgan fingerprint density at radius 3 is 1.82 bits per heavy atom. The monoisotopic (exact) mass is 499 g/mol. The van der Waals surface area contributed by atoms with E-state index in [0.717, 1.165) is 55.5 Å². The molecule has 0 atom stereocenters. The van der Waals surface area contributed by atoms with Crippen molar-refractivity contribution >= 4 is 65.6 Å². The summed E-state index contributed by atoms with van der Waals surface area (Å²) in [5, 5.41) is 7.17. The van der Waals surface area contributed by atoms with E-state index < -0.39 is 0 Å². The maximum Gasteiger partial charge on any atom is 0.159 e. The summed E-state index contributed by atoms with van der Waals surface area (Å²) in [4.78, 5) is 4.72. The highest BCUT2D eigenvalue weighted by Gasteiger charge is 2.22. The minimum Gasteiger partial charge on any atom is -0.454 e. The molecule has 4 heterocycles. The van der Waals surface area contributed by atoms with E-state index in [0.29, 0.717) is 0 Å². The summed E-state index contributed by atoms with van der Waals surface area (Å²) in [5.41, 5.74) is 7.45. The minimum atomic E-state index is 0.900. The normalized spacial score (nSPS) is 12.1. The Hall–Kier alpha value is -5.35. The van der Waals surface area contributed by atoms with Crippen molar-refractivity contribution in [3.05, 3.63) is 128 Å². The fourth-order valence-corrected chi connectivity index (χ4v) is 6.42. The van der Waals surface area contributed by atoms with Crippen LogP contribution in [0.1, 0.15) is 0 Å². The van der Waals surface area contributed by atoms with Gasteiger partial charge in [-0.2, -0.15) is 0 Å². The van der Waals surface area contributed by atoms with Crippen molar-refractivity contribution in [3.8, 4) is 11.5 Å². The van der Waals surface area contributed by atoms with E-state index in [1.807, 2.05) is 30.5 Å². The van der Waals surface area contributed by atoms with Crippen molar-refractivity contribution in [3.63, 3.8) is 0 Å². The van der Waals surface area contributed by atoms with Crippen LogP contribution in [-0.4, -0.2) is 14.1 Å². The number of hydrogen-bond donors (Lipinski definition) is 0. The van der Waals surface area contributed by atoms with Gasteiger partial charge in [-0.15, -0.1) is 0 Å². The molecule has 4 nitrogen and oxygen atoms in total. The van der Waals surface area contributed by atoms with Crippen LogP contribution in [0.15, 0.2) is 132 Å². The molecule has 0 unspecified atom stereocenters.